The Morgan fingerprint density at radius 3 is 2.17 bits per heavy atom. The number of carbonyl (C=O) groups excluding carboxylic acids is 2. The summed E-state index contributed by atoms with van der Waals surface area (Å²) in [5.41, 5.74) is 3.65. The second kappa shape index (κ2) is 9.92. The molecule has 3 aromatic carbocycles. The first-order chi connectivity index (χ1) is 16.7. The highest BCUT2D eigenvalue weighted by Gasteiger charge is 2.33. The van der Waals surface area contributed by atoms with E-state index in [0.717, 1.165) is 22.3 Å². The fourth-order valence-electron chi connectivity index (χ4n) is 4.12. The van der Waals surface area contributed by atoms with Gasteiger partial charge in [0.15, 0.2) is 0 Å². The van der Waals surface area contributed by atoms with Crippen molar-refractivity contribution in [3.63, 3.8) is 0 Å². The van der Waals surface area contributed by atoms with Crippen LogP contribution in [-0.4, -0.2) is 35.2 Å². The summed E-state index contributed by atoms with van der Waals surface area (Å²) in [6, 6.07) is 20.8. The van der Waals surface area contributed by atoms with Crippen LogP contribution >= 0.6 is 15.9 Å². The van der Waals surface area contributed by atoms with Crippen LogP contribution < -0.4 is 10.6 Å². The molecule has 3 aromatic rings. The minimum atomic E-state index is -1.40. The Balaban J connectivity index is 1.46. The van der Waals surface area contributed by atoms with Gasteiger partial charge in [0, 0.05) is 16.0 Å². The molecule has 35 heavy (non-hydrogen) atoms. The van der Waals surface area contributed by atoms with Gasteiger partial charge in [-0.05, 0) is 69.7 Å². The standard InChI is InChI=1S/C27H25BrN2O5/c1-3-27(2,25(32)33)30-24(31)16-12-13-22(28)23(14-16)29-26(34)35-15-21-19-10-6-4-8-17(19)18-9-5-7-11-20(18)21/h4-14,21H,3,15H2,1-2H3,(H,29,34)(H,30,31)(H,32,33). The molecule has 0 heterocycles. The molecule has 8 heteroatoms. The lowest BCUT2D eigenvalue weighted by Crippen LogP contribution is -2.51. The van der Waals surface area contributed by atoms with Crippen LogP contribution in [0.1, 0.15) is 47.7 Å². The van der Waals surface area contributed by atoms with Gasteiger partial charge in [-0.3, -0.25) is 10.1 Å². The Hall–Kier alpha value is -3.65. The third-order valence-electron chi connectivity index (χ3n) is 6.38. The molecule has 2 amide bonds. The summed E-state index contributed by atoms with van der Waals surface area (Å²) in [5, 5.41) is 14.6. The number of anilines is 1. The maximum absolute atomic E-state index is 12.7. The second-order valence-electron chi connectivity index (χ2n) is 8.59. The molecule has 0 saturated heterocycles. The van der Waals surface area contributed by atoms with E-state index in [1.54, 1.807) is 19.1 Å². The van der Waals surface area contributed by atoms with Crippen molar-refractivity contribution >= 4 is 39.6 Å². The molecule has 7 nitrogen and oxygen atoms in total. The molecule has 0 aliphatic heterocycles. The molecule has 1 aliphatic rings. The summed E-state index contributed by atoms with van der Waals surface area (Å²) in [5.74, 6) is -1.75. The summed E-state index contributed by atoms with van der Waals surface area (Å²) >= 11 is 3.37. The molecule has 3 N–H and O–H groups in total. The molecule has 0 bridgehead atoms. The van der Waals surface area contributed by atoms with Gasteiger partial charge in [-0.25, -0.2) is 9.59 Å². The van der Waals surface area contributed by atoms with Crippen molar-refractivity contribution in [1.29, 1.82) is 0 Å². The van der Waals surface area contributed by atoms with E-state index < -0.39 is 23.5 Å². The van der Waals surface area contributed by atoms with Crippen LogP contribution in [0.15, 0.2) is 71.2 Å². The average molecular weight is 537 g/mol. The van der Waals surface area contributed by atoms with Crippen molar-refractivity contribution in [2.75, 3.05) is 11.9 Å². The largest absolute Gasteiger partial charge is 0.480 e. The van der Waals surface area contributed by atoms with E-state index in [1.165, 1.54) is 13.0 Å². The molecule has 0 radical (unpaired) electrons. The van der Waals surface area contributed by atoms with Crippen molar-refractivity contribution in [2.24, 2.45) is 0 Å². The van der Waals surface area contributed by atoms with Crippen LogP contribution in [0.25, 0.3) is 11.1 Å². The fourth-order valence-corrected chi connectivity index (χ4v) is 4.47. The van der Waals surface area contributed by atoms with E-state index in [1.807, 2.05) is 36.4 Å². The zero-order valence-electron chi connectivity index (χ0n) is 19.3. The molecule has 180 valence electrons. The lowest BCUT2D eigenvalue weighted by Gasteiger charge is -2.24. The first-order valence-electron chi connectivity index (χ1n) is 11.2. The third-order valence-corrected chi connectivity index (χ3v) is 7.07. The Labute approximate surface area is 211 Å². The SMILES string of the molecule is CCC(C)(NC(=O)c1ccc(Br)c(NC(=O)OCC2c3ccccc3-c3ccccc32)c1)C(=O)O. The first kappa shape index (κ1) is 24.5. The quantitative estimate of drug-likeness (QED) is 0.354. The lowest BCUT2D eigenvalue weighted by atomic mass is 9.98. The Morgan fingerprint density at radius 2 is 1.60 bits per heavy atom. The third kappa shape index (κ3) is 4.93. The number of rotatable bonds is 7. The summed E-state index contributed by atoms with van der Waals surface area (Å²) < 4.78 is 6.13. The van der Waals surface area contributed by atoms with Gasteiger partial charge in [0.2, 0.25) is 0 Å². The maximum Gasteiger partial charge on any atom is 0.411 e. The van der Waals surface area contributed by atoms with Gasteiger partial charge in [-0.15, -0.1) is 0 Å². The molecule has 4 rings (SSSR count). The normalized spacial score (nSPS) is 13.8. The number of carbonyl (C=O) groups is 3. The fraction of sp³-hybridized carbons (Fsp3) is 0.222. The number of ether oxygens (including phenoxy) is 1. The highest BCUT2D eigenvalue weighted by atomic mass is 79.9. The van der Waals surface area contributed by atoms with Gasteiger partial charge < -0.3 is 15.2 Å². The predicted octanol–water partition coefficient (Wildman–Crippen LogP) is 5.79. The van der Waals surface area contributed by atoms with Gasteiger partial charge in [0.25, 0.3) is 5.91 Å². The Bertz CT molecular complexity index is 1260. The molecule has 0 fully saturated rings. The van der Waals surface area contributed by atoms with Crippen molar-refractivity contribution < 1.29 is 24.2 Å². The number of hydrogen-bond donors (Lipinski definition) is 3. The molecular weight excluding hydrogens is 512 g/mol. The minimum absolute atomic E-state index is 0.0727. The number of carboxylic acid groups (broad SMARTS) is 1. The second-order valence-corrected chi connectivity index (χ2v) is 9.44. The first-order valence-corrected chi connectivity index (χ1v) is 12.0. The summed E-state index contributed by atoms with van der Waals surface area (Å²) in [6.07, 6.45) is -0.441. The molecule has 0 aromatic heterocycles. The van der Waals surface area contributed by atoms with E-state index in [2.05, 4.69) is 38.7 Å². The summed E-state index contributed by atoms with van der Waals surface area (Å²) in [7, 11) is 0. The van der Waals surface area contributed by atoms with Crippen molar-refractivity contribution in [2.45, 2.75) is 31.7 Å². The zero-order valence-corrected chi connectivity index (χ0v) is 20.9. The van der Waals surface area contributed by atoms with Gasteiger partial charge in [-0.2, -0.15) is 0 Å². The molecular formula is C27H25BrN2O5. The number of halogens is 1. The zero-order chi connectivity index (χ0) is 25.2. The minimum Gasteiger partial charge on any atom is -0.480 e. The summed E-state index contributed by atoms with van der Waals surface area (Å²) in [4.78, 5) is 36.9. The number of carboxylic acids is 1. The molecule has 1 aliphatic carbocycles. The number of nitrogens with one attached hydrogen (secondary N) is 2. The molecule has 0 saturated carbocycles. The maximum atomic E-state index is 12.7. The Kier molecular flexibility index (Phi) is 6.93. The number of hydrogen-bond acceptors (Lipinski definition) is 4. The van der Waals surface area contributed by atoms with Crippen LogP contribution in [0.2, 0.25) is 0 Å². The van der Waals surface area contributed by atoms with Gasteiger partial charge in [-0.1, -0.05) is 55.5 Å². The number of amides is 2. The molecule has 0 spiro atoms. The van der Waals surface area contributed by atoms with Gasteiger partial charge >= 0.3 is 12.1 Å². The highest BCUT2D eigenvalue weighted by Crippen LogP contribution is 2.44. The average Bonchev–Trinajstić information content (AvgIpc) is 3.17. The molecule has 1 unspecified atom stereocenters. The lowest BCUT2D eigenvalue weighted by molar-refractivity contribution is -0.143. The number of fused-ring (bicyclic) bond motifs is 3. The predicted molar refractivity (Wildman–Crippen MR) is 137 cm³/mol. The van der Waals surface area contributed by atoms with E-state index in [0.29, 0.717) is 10.2 Å². The van der Waals surface area contributed by atoms with E-state index >= 15 is 0 Å². The topological polar surface area (TPSA) is 105 Å². The van der Waals surface area contributed by atoms with Crippen molar-refractivity contribution in [1.82, 2.24) is 5.32 Å². The summed E-state index contributed by atoms with van der Waals surface area (Å²) in [6.45, 7) is 3.28. The van der Waals surface area contributed by atoms with Crippen LogP contribution in [0.5, 0.6) is 0 Å². The van der Waals surface area contributed by atoms with Crippen molar-refractivity contribution in [3.8, 4) is 11.1 Å². The van der Waals surface area contributed by atoms with Crippen LogP contribution in [0.4, 0.5) is 10.5 Å². The van der Waals surface area contributed by atoms with E-state index in [-0.39, 0.29) is 24.5 Å². The van der Waals surface area contributed by atoms with Gasteiger partial charge in [0.1, 0.15) is 12.1 Å². The van der Waals surface area contributed by atoms with E-state index in [9.17, 15) is 19.5 Å². The Morgan fingerprint density at radius 1 is 1.00 bits per heavy atom. The highest BCUT2D eigenvalue weighted by molar-refractivity contribution is 9.10. The van der Waals surface area contributed by atoms with Crippen LogP contribution in [0, 0.1) is 0 Å². The monoisotopic (exact) mass is 536 g/mol. The van der Waals surface area contributed by atoms with Crippen LogP contribution in [-0.2, 0) is 9.53 Å². The van der Waals surface area contributed by atoms with Crippen molar-refractivity contribution in [3.05, 3.63) is 87.9 Å². The van der Waals surface area contributed by atoms with Gasteiger partial charge in [0.05, 0.1) is 5.69 Å². The number of benzene rings is 3. The van der Waals surface area contributed by atoms with E-state index in [4.69, 9.17) is 4.74 Å². The number of aliphatic carboxylic acids is 1. The van der Waals surface area contributed by atoms with Crippen LogP contribution in [0.3, 0.4) is 0 Å². The smallest absolute Gasteiger partial charge is 0.411 e. The molecule has 1 atom stereocenters.